The lowest BCUT2D eigenvalue weighted by atomic mass is 10.1. The number of aryl methyl sites for hydroxylation is 1. The van der Waals surface area contributed by atoms with Crippen molar-refractivity contribution in [2.45, 2.75) is 12.8 Å². The quantitative estimate of drug-likeness (QED) is 0.729. The summed E-state index contributed by atoms with van der Waals surface area (Å²) in [5.41, 5.74) is 3.12. The number of nitrogens with zero attached hydrogens (tertiary/aromatic N) is 1. The van der Waals surface area contributed by atoms with Crippen molar-refractivity contribution in [1.29, 1.82) is 0 Å². The Bertz CT molecular complexity index is 942. The molecule has 0 spiro atoms. The summed E-state index contributed by atoms with van der Waals surface area (Å²) >= 11 is 0. The largest absolute Gasteiger partial charge is 0.497 e. The molecule has 1 N–H and O–H groups in total. The number of amides is 1. The molecule has 150 valence electrons. The van der Waals surface area contributed by atoms with Gasteiger partial charge in [-0.05, 0) is 48.2 Å². The van der Waals surface area contributed by atoms with Crippen molar-refractivity contribution < 1.29 is 22.7 Å². The molecule has 1 aliphatic rings. The molecule has 1 aliphatic heterocycles. The number of sulfonamides is 1. The number of methoxy groups -OCH3 is 2. The first-order valence-electron chi connectivity index (χ1n) is 8.97. The molecule has 0 saturated carbocycles. The fourth-order valence-corrected chi connectivity index (χ4v) is 4.27. The summed E-state index contributed by atoms with van der Waals surface area (Å²) in [4.78, 5) is 13.8. The average molecular weight is 404 g/mol. The number of anilines is 2. The monoisotopic (exact) mass is 404 g/mol. The Balaban J connectivity index is 1.67. The first-order valence-corrected chi connectivity index (χ1v) is 10.6. The first kappa shape index (κ1) is 20.2. The van der Waals surface area contributed by atoms with Crippen molar-refractivity contribution in [3.05, 3.63) is 53.6 Å². The van der Waals surface area contributed by atoms with Crippen molar-refractivity contribution >= 4 is 27.3 Å². The second-order valence-electron chi connectivity index (χ2n) is 6.59. The molecule has 0 aromatic heterocycles. The number of rotatable bonds is 8. The zero-order chi connectivity index (χ0) is 20.1. The SMILES string of the molecule is COCC(=O)N1CCc2ccc(NS(=O)(=O)CCc3ccc(OC)cc3)cc21. The van der Waals surface area contributed by atoms with Crippen LogP contribution in [-0.4, -0.2) is 47.4 Å². The topological polar surface area (TPSA) is 84.9 Å². The summed E-state index contributed by atoms with van der Waals surface area (Å²) in [5, 5.41) is 0. The molecule has 8 heteroatoms. The van der Waals surface area contributed by atoms with E-state index in [4.69, 9.17) is 9.47 Å². The molecule has 0 saturated heterocycles. The molecule has 0 bridgehead atoms. The van der Waals surface area contributed by atoms with E-state index in [1.165, 1.54) is 7.11 Å². The minimum atomic E-state index is -3.52. The molecule has 1 amide bonds. The van der Waals surface area contributed by atoms with E-state index in [1.807, 2.05) is 30.3 Å². The van der Waals surface area contributed by atoms with Gasteiger partial charge in [-0.3, -0.25) is 9.52 Å². The predicted molar refractivity (Wildman–Crippen MR) is 108 cm³/mol. The first-order chi connectivity index (χ1) is 13.4. The zero-order valence-corrected chi connectivity index (χ0v) is 16.8. The molecular weight excluding hydrogens is 380 g/mol. The zero-order valence-electron chi connectivity index (χ0n) is 16.0. The van der Waals surface area contributed by atoms with Crippen molar-refractivity contribution in [3.63, 3.8) is 0 Å². The lowest BCUT2D eigenvalue weighted by Gasteiger charge is -2.18. The van der Waals surface area contributed by atoms with Crippen LogP contribution in [0.2, 0.25) is 0 Å². The minimum Gasteiger partial charge on any atom is -0.497 e. The number of carbonyl (C=O) groups is 1. The summed E-state index contributed by atoms with van der Waals surface area (Å²) in [5.74, 6) is 0.555. The Hall–Kier alpha value is -2.58. The van der Waals surface area contributed by atoms with Crippen LogP contribution in [0.25, 0.3) is 0 Å². The number of hydrogen-bond acceptors (Lipinski definition) is 5. The van der Waals surface area contributed by atoms with Crippen molar-refractivity contribution in [2.24, 2.45) is 0 Å². The number of carbonyl (C=O) groups excluding carboxylic acids is 1. The molecule has 0 atom stereocenters. The van der Waals surface area contributed by atoms with E-state index >= 15 is 0 Å². The van der Waals surface area contributed by atoms with Crippen LogP contribution in [0, 0.1) is 0 Å². The molecule has 3 rings (SSSR count). The predicted octanol–water partition coefficient (Wildman–Crippen LogP) is 2.22. The maximum atomic E-state index is 12.5. The van der Waals surface area contributed by atoms with Crippen LogP contribution in [0.15, 0.2) is 42.5 Å². The molecule has 2 aromatic carbocycles. The minimum absolute atomic E-state index is 0.00272. The van der Waals surface area contributed by atoms with E-state index in [-0.39, 0.29) is 18.3 Å². The lowest BCUT2D eigenvalue weighted by Crippen LogP contribution is -2.32. The Morgan fingerprint density at radius 2 is 1.89 bits per heavy atom. The normalized spacial score (nSPS) is 13.3. The number of hydrogen-bond donors (Lipinski definition) is 1. The Labute approximate surface area is 165 Å². The summed E-state index contributed by atoms with van der Waals surface area (Å²) < 4.78 is 37.6. The third-order valence-electron chi connectivity index (χ3n) is 4.64. The Morgan fingerprint density at radius 1 is 1.14 bits per heavy atom. The highest BCUT2D eigenvalue weighted by atomic mass is 32.2. The van der Waals surface area contributed by atoms with E-state index in [0.29, 0.717) is 18.7 Å². The highest BCUT2D eigenvalue weighted by Gasteiger charge is 2.25. The van der Waals surface area contributed by atoms with Gasteiger partial charge in [0.25, 0.3) is 5.91 Å². The van der Waals surface area contributed by atoms with Crippen molar-refractivity contribution in [1.82, 2.24) is 0 Å². The van der Waals surface area contributed by atoms with Crippen LogP contribution in [0.5, 0.6) is 5.75 Å². The van der Waals surface area contributed by atoms with E-state index in [1.54, 1.807) is 24.1 Å². The maximum absolute atomic E-state index is 12.5. The molecule has 1 heterocycles. The molecule has 2 aromatic rings. The smallest absolute Gasteiger partial charge is 0.252 e. The highest BCUT2D eigenvalue weighted by molar-refractivity contribution is 7.92. The molecule has 0 aliphatic carbocycles. The fraction of sp³-hybridized carbons (Fsp3) is 0.350. The second kappa shape index (κ2) is 8.62. The van der Waals surface area contributed by atoms with E-state index in [2.05, 4.69) is 4.72 Å². The molecule has 28 heavy (non-hydrogen) atoms. The van der Waals surface area contributed by atoms with E-state index in [0.717, 1.165) is 29.0 Å². The lowest BCUT2D eigenvalue weighted by molar-refractivity contribution is -0.122. The van der Waals surface area contributed by atoms with Gasteiger partial charge in [-0.25, -0.2) is 8.42 Å². The van der Waals surface area contributed by atoms with Gasteiger partial charge in [0.1, 0.15) is 12.4 Å². The average Bonchev–Trinajstić information content (AvgIpc) is 3.10. The van der Waals surface area contributed by atoms with Crippen LogP contribution >= 0.6 is 0 Å². The molecule has 7 nitrogen and oxygen atoms in total. The fourth-order valence-electron chi connectivity index (χ4n) is 3.18. The van der Waals surface area contributed by atoms with Crippen LogP contribution in [0.3, 0.4) is 0 Å². The molecular formula is C20H24N2O5S. The molecule has 0 fully saturated rings. The third kappa shape index (κ3) is 4.82. The van der Waals surface area contributed by atoms with Crippen LogP contribution in [0.4, 0.5) is 11.4 Å². The third-order valence-corrected chi connectivity index (χ3v) is 5.93. The van der Waals surface area contributed by atoms with Crippen LogP contribution in [-0.2, 0) is 32.4 Å². The molecule has 0 unspecified atom stereocenters. The van der Waals surface area contributed by atoms with Gasteiger partial charge in [-0.1, -0.05) is 18.2 Å². The number of nitrogens with one attached hydrogen (secondary N) is 1. The number of benzene rings is 2. The molecule has 0 radical (unpaired) electrons. The van der Waals surface area contributed by atoms with Crippen molar-refractivity contribution in [2.75, 3.05) is 42.7 Å². The summed E-state index contributed by atoms with van der Waals surface area (Å²) in [6.45, 7) is 0.572. The standard InChI is InChI=1S/C20H24N2O5S/c1-26-14-20(23)22-11-9-16-5-6-17(13-19(16)22)21-28(24,25)12-10-15-3-7-18(27-2)8-4-15/h3-8,13,21H,9-12,14H2,1-2H3. The Morgan fingerprint density at radius 3 is 2.57 bits per heavy atom. The second-order valence-corrected chi connectivity index (χ2v) is 8.43. The number of ether oxygens (including phenoxy) is 2. The van der Waals surface area contributed by atoms with Gasteiger partial charge >= 0.3 is 0 Å². The van der Waals surface area contributed by atoms with Gasteiger partial charge in [0, 0.05) is 19.3 Å². The Kier molecular flexibility index (Phi) is 6.21. The van der Waals surface area contributed by atoms with Gasteiger partial charge in [0.15, 0.2) is 0 Å². The summed E-state index contributed by atoms with van der Waals surface area (Å²) in [6, 6.07) is 12.6. The van der Waals surface area contributed by atoms with Crippen LogP contribution in [0.1, 0.15) is 11.1 Å². The van der Waals surface area contributed by atoms with Gasteiger partial charge in [-0.2, -0.15) is 0 Å². The van der Waals surface area contributed by atoms with Gasteiger partial charge in [0.2, 0.25) is 10.0 Å². The summed E-state index contributed by atoms with van der Waals surface area (Å²) in [7, 11) is -0.462. The van der Waals surface area contributed by atoms with Crippen molar-refractivity contribution in [3.8, 4) is 5.75 Å². The van der Waals surface area contributed by atoms with E-state index < -0.39 is 10.0 Å². The number of fused-ring (bicyclic) bond motifs is 1. The highest BCUT2D eigenvalue weighted by Crippen LogP contribution is 2.31. The van der Waals surface area contributed by atoms with Gasteiger partial charge in [0.05, 0.1) is 18.6 Å². The maximum Gasteiger partial charge on any atom is 0.252 e. The van der Waals surface area contributed by atoms with E-state index in [9.17, 15) is 13.2 Å². The van der Waals surface area contributed by atoms with Gasteiger partial charge in [-0.15, -0.1) is 0 Å². The summed E-state index contributed by atoms with van der Waals surface area (Å²) in [6.07, 6.45) is 1.14. The van der Waals surface area contributed by atoms with Crippen LogP contribution < -0.4 is 14.4 Å². The van der Waals surface area contributed by atoms with Gasteiger partial charge < -0.3 is 14.4 Å².